The number of rotatable bonds is 5. The Labute approximate surface area is 194 Å². The van der Waals surface area contributed by atoms with Gasteiger partial charge in [0.2, 0.25) is 10.0 Å². The molecule has 5 rings (SSSR count). The molecule has 0 unspecified atom stereocenters. The lowest BCUT2D eigenvalue weighted by Gasteiger charge is -2.11. The second kappa shape index (κ2) is 8.27. The van der Waals surface area contributed by atoms with E-state index in [1.165, 1.54) is 11.3 Å². The second-order valence-electron chi connectivity index (χ2n) is 7.47. The van der Waals surface area contributed by atoms with Crippen molar-refractivity contribution in [2.45, 2.75) is 0 Å². The maximum absolute atomic E-state index is 13.3. The highest BCUT2D eigenvalue weighted by Gasteiger charge is 2.15. The highest BCUT2D eigenvalue weighted by Crippen LogP contribution is 2.30. The Morgan fingerprint density at radius 3 is 2.42 bits per heavy atom. The molecule has 0 aliphatic rings. The Bertz CT molecular complexity index is 1610. The van der Waals surface area contributed by atoms with Crippen molar-refractivity contribution in [3.63, 3.8) is 0 Å². The van der Waals surface area contributed by atoms with Crippen molar-refractivity contribution in [3.05, 3.63) is 84.4 Å². The van der Waals surface area contributed by atoms with E-state index >= 15 is 0 Å². The van der Waals surface area contributed by atoms with E-state index < -0.39 is 10.0 Å². The summed E-state index contributed by atoms with van der Waals surface area (Å²) in [5.41, 5.74) is 4.12. The lowest BCUT2D eigenvalue weighted by atomic mass is 10.0. The molecule has 0 atom stereocenters. The van der Waals surface area contributed by atoms with Crippen LogP contribution in [0.3, 0.4) is 0 Å². The van der Waals surface area contributed by atoms with Gasteiger partial charge in [-0.05, 0) is 30.3 Å². The summed E-state index contributed by atoms with van der Waals surface area (Å²) in [5, 5.41) is 3.99. The number of sulfonamides is 1. The van der Waals surface area contributed by atoms with Crippen molar-refractivity contribution in [1.82, 2.24) is 9.97 Å². The fraction of sp³-hybridized carbons (Fsp3) is 0.0417. The number of hydrogen-bond acceptors (Lipinski definition) is 6. The van der Waals surface area contributed by atoms with Crippen LogP contribution in [-0.2, 0) is 10.0 Å². The van der Waals surface area contributed by atoms with Crippen LogP contribution in [0.15, 0.2) is 78.9 Å². The van der Waals surface area contributed by atoms with Crippen LogP contribution in [0, 0.1) is 0 Å². The molecule has 5 aromatic rings. The van der Waals surface area contributed by atoms with Gasteiger partial charge in [0.1, 0.15) is 0 Å². The number of amides is 1. The highest BCUT2D eigenvalue weighted by molar-refractivity contribution is 7.92. The molecule has 0 spiro atoms. The van der Waals surface area contributed by atoms with E-state index in [0.29, 0.717) is 22.5 Å². The van der Waals surface area contributed by atoms with Crippen LogP contribution in [0.5, 0.6) is 0 Å². The second-order valence-corrected chi connectivity index (χ2v) is 10.2. The van der Waals surface area contributed by atoms with E-state index in [2.05, 4.69) is 15.0 Å². The van der Waals surface area contributed by atoms with E-state index in [4.69, 9.17) is 4.98 Å². The normalized spacial score (nSPS) is 11.5. The number of thiazole rings is 1. The lowest BCUT2D eigenvalue weighted by molar-refractivity contribution is 0.102. The third kappa shape index (κ3) is 4.55. The smallest absolute Gasteiger partial charge is 0.256 e. The molecule has 9 heteroatoms. The van der Waals surface area contributed by atoms with Gasteiger partial charge in [0.15, 0.2) is 5.13 Å². The molecule has 3 aromatic carbocycles. The van der Waals surface area contributed by atoms with Crippen molar-refractivity contribution in [2.75, 3.05) is 16.3 Å². The quantitative estimate of drug-likeness (QED) is 0.368. The van der Waals surface area contributed by atoms with E-state index in [1.54, 1.807) is 24.3 Å². The fourth-order valence-electron chi connectivity index (χ4n) is 3.52. The summed E-state index contributed by atoms with van der Waals surface area (Å²) in [6.07, 6.45) is 1.08. The molecule has 0 bridgehead atoms. The minimum absolute atomic E-state index is 0.260. The predicted octanol–water partition coefficient (Wildman–Crippen LogP) is 5.14. The number of benzene rings is 3. The van der Waals surface area contributed by atoms with Crippen LogP contribution < -0.4 is 10.0 Å². The summed E-state index contributed by atoms with van der Waals surface area (Å²) in [6.45, 7) is 0. The fourth-order valence-corrected chi connectivity index (χ4v) is 5.26. The van der Waals surface area contributed by atoms with Gasteiger partial charge in [0, 0.05) is 16.6 Å². The van der Waals surface area contributed by atoms with Gasteiger partial charge in [-0.15, -0.1) is 0 Å². The standard InChI is InChI=1S/C24H18N4O3S2/c1-33(30,31)28-24-27-20-12-11-16(13-22(20)32-24)25-23(29)18-14-21(15-7-3-2-4-8-15)26-19-10-6-5-9-17(18)19/h2-14H,1H3,(H,25,29)(H,27,28). The Hall–Kier alpha value is -3.82. The number of nitrogens with zero attached hydrogens (tertiary/aromatic N) is 2. The van der Waals surface area contributed by atoms with Crippen molar-refractivity contribution in [2.24, 2.45) is 0 Å². The summed E-state index contributed by atoms with van der Waals surface area (Å²) >= 11 is 1.20. The van der Waals surface area contributed by atoms with Crippen LogP contribution in [0.2, 0.25) is 0 Å². The molecular weight excluding hydrogens is 456 g/mol. The predicted molar refractivity (Wildman–Crippen MR) is 133 cm³/mol. The highest BCUT2D eigenvalue weighted by atomic mass is 32.2. The first-order chi connectivity index (χ1) is 15.9. The third-order valence-corrected chi connectivity index (χ3v) is 6.58. The Morgan fingerprint density at radius 2 is 1.64 bits per heavy atom. The van der Waals surface area contributed by atoms with Crippen LogP contribution in [-0.4, -0.2) is 30.5 Å². The Balaban J connectivity index is 1.50. The van der Waals surface area contributed by atoms with E-state index in [0.717, 1.165) is 27.4 Å². The molecule has 0 saturated carbocycles. The average molecular weight is 475 g/mol. The van der Waals surface area contributed by atoms with Crippen molar-refractivity contribution < 1.29 is 13.2 Å². The molecule has 0 fully saturated rings. The van der Waals surface area contributed by atoms with Gasteiger partial charge in [0.25, 0.3) is 5.91 Å². The number of anilines is 2. The number of nitrogens with one attached hydrogen (secondary N) is 2. The Kier molecular flexibility index (Phi) is 5.27. The van der Waals surface area contributed by atoms with Crippen molar-refractivity contribution >= 4 is 59.2 Å². The third-order valence-electron chi connectivity index (χ3n) is 4.95. The summed E-state index contributed by atoms with van der Waals surface area (Å²) in [5.74, 6) is -0.260. The number of para-hydroxylation sites is 1. The maximum atomic E-state index is 13.3. The topological polar surface area (TPSA) is 101 Å². The van der Waals surface area contributed by atoms with Crippen molar-refractivity contribution in [3.8, 4) is 11.3 Å². The summed E-state index contributed by atoms with van der Waals surface area (Å²) < 4.78 is 26.1. The zero-order chi connectivity index (χ0) is 23.0. The number of carbonyl (C=O) groups is 1. The van der Waals surface area contributed by atoms with Crippen LogP contribution in [0.25, 0.3) is 32.4 Å². The lowest BCUT2D eigenvalue weighted by Crippen LogP contribution is -2.13. The number of hydrogen-bond donors (Lipinski definition) is 2. The van der Waals surface area contributed by atoms with Gasteiger partial charge in [0.05, 0.1) is 33.2 Å². The first kappa shape index (κ1) is 21.0. The molecule has 7 nitrogen and oxygen atoms in total. The molecule has 2 N–H and O–H groups in total. The van der Waals surface area contributed by atoms with Crippen LogP contribution in [0.4, 0.5) is 10.8 Å². The largest absolute Gasteiger partial charge is 0.322 e. The molecule has 1 amide bonds. The van der Waals surface area contributed by atoms with E-state index in [-0.39, 0.29) is 11.0 Å². The monoisotopic (exact) mass is 474 g/mol. The summed E-state index contributed by atoms with van der Waals surface area (Å²) in [6, 6.07) is 24.3. The number of aromatic nitrogens is 2. The number of carbonyl (C=O) groups excluding carboxylic acids is 1. The average Bonchev–Trinajstić information content (AvgIpc) is 3.18. The van der Waals surface area contributed by atoms with Gasteiger partial charge in [-0.1, -0.05) is 59.9 Å². The molecule has 0 aliphatic carbocycles. The zero-order valence-corrected chi connectivity index (χ0v) is 19.1. The molecule has 2 aromatic heterocycles. The number of pyridine rings is 1. The minimum atomic E-state index is -3.42. The van der Waals surface area contributed by atoms with Gasteiger partial charge in [-0.3, -0.25) is 9.52 Å². The molecule has 33 heavy (non-hydrogen) atoms. The summed E-state index contributed by atoms with van der Waals surface area (Å²) in [4.78, 5) is 22.3. The van der Waals surface area contributed by atoms with Crippen LogP contribution in [0.1, 0.15) is 10.4 Å². The minimum Gasteiger partial charge on any atom is -0.322 e. The zero-order valence-electron chi connectivity index (χ0n) is 17.4. The maximum Gasteiger partial charge on any atom is 0.256 e. The molecule has 2 heterocycles. The van der Waals surface area contributed by atoms with Crippen LogP contribution >= 0.6 is 11.3 Å². The first-order valence-corrected chi connectivity index (χ1v) is 12.7. The molecule has 0 aliphatic heterocycles. The first-order valence-electron chi connectivity index (χ1n) is 10.0. The Morgan fingerprint density at radius 1 is 0.879 bits per heavy atom. The van der Waals surface area contributed by atoms with Gasteiger partial charge >= 0.3 is 0 Å². The van der Waals surface area contributed by atoms with Crippen molar-refractivity contribution in [1.29, 1.82) is 0 Å². The van der Waals surface area contributed by atoms with Gasteiger partial charge in [-0.25, -0.2) is 18.4 Å². The van der Waals surface area contributed by atoms with E-state index in [9.17, 15) is 13.2 Å². The van der Waals surface area contributed by atoms with Gasteiger partial charge < -0.3 is 5.32 Å². The molecule has 0 radical (unpaired) electrons. The molecular formula is C24H18N4O3S2. The van der Waals surface area contributed by atoms with Gasteiger partial charge in [-0.2, -0.15) is 0 Å². The molecule has 0 saturated heterocycles. The SMILES string of the molecule is CS(=O)(=O)Nc1nc2ccc(NC(=O)c3cc(-c4ccccc4)nc4ccccc34)cc2s1. The summed E-state index contributed by atoms with van der Waals surface area (Å²) in [7, 11) is -3.42. The number of fused-ring (bicyclic) bond motifs is 2. The van der Waals surface area contributed by atoms with E-state index in [1.807, 2.05) is 54.6 Å². The molecule has 164 valence electrons.